The Morgan fingerprint density at radius 2 is 2.33 bits per heavy atom. The molecule has 0 unspecified atom stereocenters. The van der Waals surface area contributed by atoms with Crippen LogP contribution < -0.4 is 0 Å². The minimum Gasteiger partial charge on any atom is -0.457 e. The molecule has 0 radical (unpaired) electrons. The van der Waals surface area contributed by atoms with Gasteiger partial charge in [-0.2, -0.15) is 0 Å². The molecular weight excluding hydrogens is 160 g/mol. The van der Waals surface area contributed by atoms with Crippen molar-refractivity contribution in [2.75, 3.05) is 20.3 Å². The quantitative estimate of drug-likeness (QED) is 0.562. The van der Waals surface area contributed by atoms with E-state index in [9.17, 15) is 9.59 Å². The van der Waals surface area contributed by atoms with Gasteiger partial charge in [-0.25, -0.2) is 4.79 Å². The molecule has 0 fully saturated rings. The molecule has 4 nitrogen and oxygen atoms in total. The average Bonchev–Trinajstić information content (AvgIpc) is 2.34. The largest absolute Gasteiger partial charge is 0.457 e. The first-order valence-electron chi connectivity index (χ1n) is 3.56. The zero-order valence-corrected chi connectivity index (χ0v) is 7.05. The van der Waals surface area contributed by atoms with Crippen LogP contribution in [0.2, 0.25) is 0 Å². The molecule has 1 aliphatic rings. The molecule has 1 rings (SSSR count). The topological polar surface area (TPSA) is 52.6 Å². The smallest absolute Gasteiger partial charge is 0.337 e. The van der Waals surface area contributed by atoms with Crippen LogP contribution in [0, 0.1) is 0 Å². The van der Waals surface area contributed by atoms with Gasteiger partial charge in [0.1, 0.15) is 6.61 Å². The predicted molar refractivity (Wildman–Crippen MR) is 40.5 cm³/mol. The van der Waals surface area contributed by atoms with Crippen LogP contribution in [0.15, 0.2) is 11.1 Å². The number of ether oxygens (including phenoxy) is 2. The summed E-state index contributed by atoms with van der Waals surface area (Å²) in [4.78, 5) is 21.9. The molecule has 0 saturated heterocycles. The van der Waals surface area contributed by atoms with Crippen molar-refractivity contribution in [1.82, 2.24) is 0 Å². The Morgan fingerprint density at radius 3 is 2.83 bits per heavy atom. The molecule has 0 aliphatic carbocycles. The number of hydrogen-bond donors (Lipinski definition) is 0. The summed E-state index contributed by atoms with van der Waals surface area (Å²) in [5, 5.41) is 0. The van der Waals surface area contributed by atoms with E-state index in [1.165, 1.54) is 14.0 Å². The number of rotatable bonds is 3. The summed E-state index contributed by atoms with van der Waals surface area (Å²) >= 11 is 0. The Hall–Kier alpha value is -1.16. The zero-order valence-electron chi connectivity index (χ0n) is 7.05. The Labute approximate surface area is 70.1 Å². The van der Waals surface area contributed by atoms with Gasteiger partial charge in [0.2, 0.25) is 0 Å². The minimum absolute atomic E-state index is 0.0901. The fourth-order valence-corrected chi connectivity index (χ4v) is 1.04. The lowest BCUT2D eigenvalue weighted by Crippen LogP contribution is -2.07. The lowest BCUT2D eigenvalue weighted by molar-refractivity contribution is -0.136. The van der Waals surface area contributed by atoms with Gasteiger partial charge in [-0.05, 0) is 6.92 Å². The molecule has 1 heterocycles. The van der Waals surface area contributed by atoms with E-state index in [0.717, 1.165) is 0 Å². The number of methoxy groups -OCH3 is 1. The maximum Gasteiger partial charge on any atom is 0.337 e. The Morgan fingerprint density at radius 1 is 1.67 bits per heavy atom. The molecule has 12 heavy (non-hydrogen) atoms. The summed E-state index contributed by atoms with van der Waals surface area (Å²) in [7, 11) is 1.47. The van der Waals surface area contributed by atoms with Gasteiger partial charge in [0, 0.05) is 12.7 Å². The van der Waals surface area contributed by atoms with Crippen molar-refractivity contribution in [3.63, 3.8) is 0 Å². The highest BCUT2D eigenvalue weighted by Gasteiger charge is 2.26. The third-order valence-corrected chi connectivity index (χ3v) is 1.67. The van der Waals surface area contributed by atoms with E-state index < -0.39 is 5.97 Å². The molecular formula is C8H10O4. The molecule has 0 bridgehead atoms. The Balaban J connectivity index is 2.89. The number of ketones is 1. The van der Waals surface area contributed by atoms with Gasteiger partial charge in [0.15, 0.2) is 5.78 Å². The molecule has 0 atom stereocenters. The normalized spacial score (nSPS) is 16.7. The lowest BCUT2D eigenvalue weighted by atomic mass is 10.1. The summed E-state index contributed by atoms with van der Waals surface area (Å²) in [5.41, 5.74) is 0.784. The van der Waals surface area contributed by atoms with Crippen molar-refractivity contribution in [2.45, 2.75) is 6.92 Å². The summed E-state index contributed by atoms with van der Waals surface area (Å²) in [6.07, 6.45) is 0. The van der Waals surface area contributed by atoms with E-state index in [4.69, 9.17) is 4.74 Å². The Kier molecular flexibility index (Phi) is 2.60. The summed E-state index contributed by atoms with van der Waals surface area (Å²) in [6, 6.07) is 0. The molecule has 0 aromatic heterocycles. The molecule has 4 heteroatoms. The third-order valence-electron chi connectivity index (χ3n) is 1.67. The Bertz CT molecular complexity index is 252. The van der Waals surface area contributed by atoms with Crippen LogP contribution in [0.3, 0.4) is 0 Å². The highest BCUT2D eigenvalue weighted by Crippen LogP contribution is 2.16. The first-order valence-corrected chi connectivity index (χ1v) is 3.56. The molecule has 0 aromatic rings. The molecule has 66 valence electrons. The highest BCUT2D eigenvalue weighted by atomic mass is 16.5. The third kappa shape index (κ3) is 1.53. The van der Waals surface area contributed by atoms with Gasteiger partial charge in [-0.15, -0.1) is 0 Å². The average molecular weight is 170 g/mol. The van der Waals surface area contributed by atoms with E-state index in [0.29, 0.717) is 11.1 Å². The SMILES string of the molecule is COCC1=C(C(C)=O)COC1=O. The zero-order chi connectivity index (χ0) is 9.14. The van der Waals surface area contributed by atoms with Crippen molar-refractivity contribution in [3.8, 4) is 0 Å². The van der Waals surface area contributed by atoms with E-state index in [1.807, 2.05) is 0 Å². The van der Waals surface area contributed by atoms with E-state index in [1.54, 1.807) is 0 Å². The fourth-order valence-electron chi connectivity index (χ4n) is 1.04. The summed E-state index contributed by atoms with van der Waals surface area (Å²) < 4.78 is 9.44. The fraction of sp³-hybridized carbons (Fsp3) is 0.500. The van der Waals surface area contributed by atoms with Crippen LogP contribution in [0.5, 0.6) is 0 Å². The molecule has 0 aromatic carbocycles. The van der Waals surface area contributed by atoms with Gasteiger partial charge in [0.05, 0.1) is 12.2 Å². The van der Waals surface area contributed by atoms with Gasteiger partial charge in [-0.1, -0.05) is 0 Å². The second kappa shape index (κ2) is 3.49. The second-order valence-corrected chi connectivity index (χ2v) is 2.52. The monoisotopic (exact) mass is 170 g/mol. The van der Waals surface area contributed by atoms with Crippen molar-refractivity contribution < 1.29 is 19.1 Å². The first kappa shape index (κ1) is 8.93. The van der Waals surface area contributed by atoms with Crippen molar-refractivity contribution in [1.29, 1.82) is 0 Å². The van der Waals surface area contributed by atoms with Gasteiger partial charge in [0.25, 0.3) is 0 Å². The van der Waals surface area contributed by atoms with Crippen LogP contribution >= 0.6 is 0 Å². The molecule has 0 N–H and O–H groups in total. The predicted octanol–water partition coefficient (Wildman–Crippen LogP) is 0.0752. The van der Waals surface area contributed by atoms with Crippen LogP contribution in [0.25, 0.3) is 0 Å². The molecule has 1 aliphatic heterocycles. The van der Waals surface area contributed by atoms with Crippen molar-refractivity contribution >= 4 is 11.8 Å². The maximum atomic E-state index is 11.0. The second-order valence-electron chi connectivity index (χ2n) is 2.52. The van der Waals surface area contributed by atoms with E-state index in [2.05, 4.69) is 4.74 Å². The number of esters is 1. The van der Waals surface area contributed by atoms with E-state index >= 15 is 0 Å². The lowest BCUT2D eigenvalue weighted by Gasteiger charge is -1.97. The summed E-state index contributed by atoms with van der Waals surface area (Å²) in [5.74, 6) is -0.574. The molecule has 0 spiro atoms. The highest BCUT2D eigenvalue weighted by molar-refractivity contribution is 6.05. The van der Waals surface area contributed by atoms with Crippen molar-refractivity contribution in [3.05, 3.63) is 11.1 Å². The maximum absolute atomic E-state index is 11.0. The number of Topliss-reactive ketones (excluding diaryl/α,β-unsaturated/α-hetero) is 1. The van der Waals surface area contributed by atoms with Gasteiger partial charge >= 0.3 is 5.97 Å². The van der Waals surface area contributed by atoms with Gasteiger partial charge in [-0.3, -0.25) is 4.79 Å². The number of hydrogen-bond acceptors (Lipinski definition) is 4. The standard InChI is InChI=1S/C8H10O4/c1-5(9)6-4-12-8(10)7(6)3-11-2/h3-4H2,1-2H3. The van der Waals surface area contributed by atoms with Crippen LogP contribution in [0.1, 0.15) is 6.92 Å². The van der Waals surface area contributed by atoms with Crippen LogP contribution in [-0.4, -0.2) is 32.1 Å². The van der Waals surface area contributed by atoms with Crippen LogP contribution in [-0.2, 0) is 19.1 Å². The van der Waals surface area contributed by atoms with E-state index in [-0.39, 0.29) is 19.0 Å². The number of cyclic esters (lactones) is 1. The number of carbonyl (C=O) groups excluding carboxylic acids is 2. The van der Waals surface area contributed by atoms with Crippen molar-refractivity contribution in [2.24, 2.45) is 0 Å². The number of carbonyl (C=O) groups is 2. The van der Waals surface area contributed by atoms with Gasteiger partial charge < -0.3 is 9.47 Å². The summed E-state index contributed by atoms with van der Waals surface area (Å²) in [6.45, 7) is 1.65. The van der Waals surface area contributed by atoms with Crippen LogP contribution in [0.4, 0.5) is 0 Å². The molecule has 0 saturated carbocycles. The minimum atomic E-state index is -0.443. The molecule has 0 amide bonds. The first-order chi connectivity index (χ1) is 5.66.